The van der Waals surface area contributed by atoms with E-state index in [9.17, 15) is 0 Å². The largest absolute Gasteiger partial charge is 0.243 e. The lowest BCUT2D eigenvalue weighted by Crippen LogP contribution is -2.58. The van der Waals surface area contributed by atoms with Gasteiger partial charge in [0.1, 0.15) is 16.1 Å². The molecule has 45 heavy (non-hydrogen) atoms. The van der Waals surface area contributed by atoms with Crippen molar-refractivity contribution >= 4 is 51.4 Å². The van der Waals surface area contributed by atoms with Gasteiger partial charge >= 0.3 is 0 Å². The van der Waals surface area contributed by atoms with E-state index in [1.165, 1.54) is 44.2 Å². The van der Waals surface area contributed by atoms with Gasteiger partial charge in [-0.2, -0.15) is 0 Å². The summed E-state index contributed by atoms with van der Waals surface area (Å²) in [5.41, 5.74) is 20.3. The third kappa shape index (κ3) is 8.44. The average Bonchev–Trinajstić information content (AvgIpc) is 3.03. The van der Waals surface area contributed by atoms with Crippen LogP contribution in [-0.2, 0) is 16.2 Å². The maximum absolute atomic E-state index is 3.59. The highest BCUT2D eigenvalue weighted by Crippen LogP contribution is 2.34. The van der Waals surface area contributed by atoms with Gasteiger partial charge in [0.25, 0.3) is 0 Å². The van der Waals surface area contributed by atoms with E-state index in [0.29, 0.717) is 0 Å². The Morgan fingerprint density at radius 1 is 0.511 bits per heavy atom. The van der Waals surface area contributed by atoms with Gasteiger partial charge in [0.05, 0.1) is 0 Å². The molecule has 3 aromatic rings. The van der Waals surface area contributed by atoms with Crippen molar-refractivity contribution in [1.82, 2.24) is 0 Å². The minimum Gasteiger partial charge on any atom is -0.127 e. The Balaban J connectivity index is 2.14. The fourth-order valence-electron chi connectivity index (χ4n) is 5.94. The van der Waals surface area contributed by atoms with Crippen molar-refractivity contribution in [3.05, 3.63) is 87.5 Å². The van der Waals surface area contributed by atoms with Gasteiger partial charge in [-0.05, 0) is 68.3 Å². The number of hydrogen-bond donors (Lipinski definition) is 0. The first kappa shape index (κ1) is 34.9. The van der Waals surface area contributed by atoms with Gasteiger partial charge in [-0.15, -0.1) is 11.1 Å². The van der Waals surface area contributed by atoms with Crippen LogP contribution < -0.4 is 16.4 Å². The fraction of sp³-hybridized carbons (Fsp3) is 0.429. The zero-order chi connectivity index (χ0) is 33.8. The van der Waals surface area contributed by atoms with E-state index in [1.54, 1.807) is 0 Å². The molecular formula is C42H55BSi2. The SMILES string of the molecule is CC(C)(C)c1cc(C(C)(C)C)c(B2c3ccc(C#C[Si](C)(C)C)cc3C=Cc3cc(C#C[Si](C)(C)C)ccc32)c(C(C)(C)C)c1. The van der Waals surface area contributed by atoms with Crippen molar-refractivity contribution in [2.75, 3.05) is 0 Å². The van der Waals surface area contributed by atoms with Crippen LogP contribution in [-0.4, -0.2) is 22.9 Å². The summed E-state index contributed by atoms with van der Waals surface area (Å²) in [7, 11) is -3.00. The molecule has 0 fully saturated rings. The molecule has 0 saturated heterocycles. The van der Waals surface area contributed by atoms with Crippen molar-refractivity contribution in [2.45, 2.75) is 118 Å². The van der Waals surface area contributed by atoms with Gasteiger partial charge in [0, 0.05) is 11.1 Å². The number of rotatable bonds is 1. The van der Waals surface area contributed by atoms with E-state index < -0.39 is 16.1 Å². The van der Waals surface area contributed by atoms with Crippen LogP contribution in [0.15, 0.2) is 48.5 Å². The second-order valence-corrected chi connectivity index (χ2v) is 27.7. The molecule has 0 saturated carbocycles. The summed E-state index contributed by atoms with van der Waals surface area (Å²) in [4.78, 5) is 0. The summed E-state index contributed by atoms with van der Waals surface area (Å²) < 4.78 is 0. The number of benzene rings is 3. The maximum Gasteiger partial charge on any atom is 0.243 e. The quantitative estimate of drug-likeness (QED) is 0.146. The van der Waals surface area contributed by atoms with E-state index in [2.05, 4.69) is 185 Å². The molecular weight excluding hydrogens is 571 g/mol. The predicted molar refractivity (Wildman–Crippen MR) is 209 cm³/mol. The van der Waals surface area contributed by atoms with Gasteiger partial charge in [-0.25, -0.2) is 0 Å². The summed E-state index contributed by atoms with van der Waals surface area (Å²) in [5.74, 6) is 7.06. The molecule has 234 valence electrons. The lowest BCUT2D eigenvalue weighted by atomic mass is 9.33. The normalized spacial score (nSPS) is 13.6. The molecule has 0 nitrogen and oxygen atoms in total. The lowest BCUT2D eigenvalue weighted by molar-refractivity contribution is 0.553. The second-order valence-electron chi connectivity index (χ2n) is 18.2. The molecule has 0 bridgehead atoms. The Morgan fingerprint density at radius 3 is 1.20 bits per heavy atom. The third-order valence-corrected chi connectivity index (χ3v) is 10.1. The molecule has 0 unspecified atom stereocenters. The van der Waals surface area contributed by atoms with E-state index in [1.807, 2.05) is 0 Å². The number of fused-ring (bicyclic) bond motifs is 2. The van der Waals surface area contributed by atoms with Crippen LogP contribution in [0.2, 0.25) is 39.3 Å². The standard InChI is InChI=1S/C42H55BSi2/c1-40(2,3)34-28-35(41(4,5)6)39(36(29-34)42(7,8)9)43-37-20-16-30(22-24-44(10,11)12)26-32(37)18-19-33-27-31(17-21-38(33)43)23-25-45(13,14)15/h16-21,26-29H,1-15H3. The zero-order valence-electron chi connectivity index (χ0n) is 30.9. The Hall–Kier alpha value is -2.98. The molecule has 0 N–H and O–H groups in total. The van der Waals surface area contributed by atoms with Crippen molar-refractivity contribution in [3.8, 4) is 22.9 Å². The van der Waals surface area contributed by atoms with Crippen molar-refractivity contribution in [1.29, 1.82) is 0 Å². The Kier molecular flexibility index (Phi) is 9.29. The molecule has 1 heterocycles. The molecule has 0 aromatic heterocycles. The molecule has 1 aliphatic rings. The molecule has 0 spiro atoms. The summed E-state index contributed by atoms with van der Waals surface area (Å²) in [5, 5.41) is 0. The molecule has 0 amide bonds. The molecule has 1 aliphatic heterocycles. The molecule has 4 rings (SSSR count). The first-order valence-electron chi connectivity index (χ1n) is 16.7. The maximum atomic E-state index is 3.59. The predicted octanol–water partition coefficient (Wildman–Crippen LogP) is 9.04. The van der Waals surface area contributed by atoms with Crippen LogP contribution >= 0.6 is 0 Å². The van der Waals surface area contributed by atoms with Gasteiger partial charge in [0.15, 0.2) is 0 Å². The van der Waals surface area contributed by atoms with Gasteiger partial charge in [-0.3, -0.25) is 0 Å². The average molecular weight is 627 g/mol. The van der Waals surface area contributed by atoms with Crippen molar-refractivity contribution in [2.24, 2.45) is 0 Å². The summed E-state index contributed by atoms with van der Waals surface area (Å²) in [6.07, 6.45) is 4.64. The highest BCUT2D eigenvalue weighted by Gasteiger charge is 2.37. The van der Waals surface area contributed by atoms with Crippen molar-refractivity contribution in [3.63, 3.8) is 0 Å². The first-order chi connectivity index (χ1) is 20.4. The Morgan fingerprint density at radius 2 is 0.889 bits per heavy atom. The summed E-state index contributed by atoms with van der Waals surface area (Å²) in [6.45, 7) is 35.2. The summed E-state index contributed by atoms with van der Waals surface area (Å²) >= 11 is 0. The lowest BCUT2D eigenvalue weighted by Gasteiger charge is -2.36. The minimum atomic E-state index is -1.50. The van der Waals surface area contributed by atoms with Crippen LogP contribution in [0.4, 0.5) is 0 Å². The van der Waals surface area contributed by atoms with Crippen LogP contribution in [0.1, 0.15) is 101 Å². The second kappa shape index (κ2) is 12.0. The minimum absolute atomic E-state index is 0.0395. The highest BCUT2D eigenvalue weighted by molar-refractivity contribution is 6.97. The third-order valence-electron chi connectivity index (χ3n) is 8.35. The van der Waals surface area contributed by atoms with Crippen molar-refractivity contribution < 1.29 is 0 Å². The Bertz CT molecular complexity index is 1640. The number of hydrogen-bond acceptors (Lipinski definition) is 0. The molecule has 3 aromatic carbocycles. The van der Waals surface area contributed by atoms with Crippen LogP contribution in [0.3, 0.4) is 0 Å². The molecule has 0 atom stereocenters. The van der Waals surface area contributed by atoms with Gasteiger partial charge < -0.3 is 0 Å². The van der Waals surface area contributed by atoms with Crippen LogP contribution in [0.25, 0.3) is 12.2 Å². The van der Waals surface area contributed by atoms with E-state index in [0.717, 1.165) is 11.1 Å². The first-order valence-corrected chi connectivity index (χ1v) is 23.7. The van der Waals surface area contributed by atoms with E-state index in [-0.39, 0.29) is 23.0 Å². The van der Waals surface area contributed by atoms with Crippen LogP contribution in [0.5, 0.6) is 0 Å². The topological polar surface area (TPSA) is 0 Å². The van der Waals surface area contributed by atoms with E-state index >= 15 is 0 Å². The van der Waals surface area contributed by atoms with Gasteiger partial charge in [-0.1, -0.05) is 166 Å². The highest BCUT2D eigenvalue weighted by atomic mass is 28.3. The summed E-state index contributed by atoms with van der Waals surface area (Å²) in [6, 6.07) is 18.9. The van der Waals surface area contributed by atoms with Crippen LogP contribution in [0, 0.1) is 22.9 Å². The fourth-order valence-corrected chi connectivity index (χ4v) is 6.97. The zero-order valence-corrected chi connectivity index (χ0v) is 32.9. The molecule has 0 aliphatic carbocycles. The van der Waals surface area contributed by atoms with E-state index in [4.69, 9.17) is 0 Å². The molecule has 0 radical (unpaired) electrons. The smallest absolute Gasteiger partial charge is 0.127 e. The molecule has 3 heteroatoms. The Labute approximate surface area is 278 Å². The monoisotopic (exact) mass is 626 g/mol. The van der Waals surface area contributed by atoms with Gasteiger partial charge in [0.2, 0.25) is 6.71 Å².